The van der Waals surface area contributed by atoms with Gasteiger partial charge in [-0.25, -0.2) is 19.1 Å². The van der Waals surface area contributed by atoms with Crippen LogP contribution in [0.5, 0.6) is 0 Å². The minimum absolute atomic E-state index is 0.0300. The third-order valence-electron chi connectivity index (χ3n) is 5.31. The molecule has 0 atom stereocenters. The largest absolute Gasteiger partial charge is 0.469 e. The van der Waals surface area contributed by atoms with Crippen molar-refractivity contribution in [3.8, 4) is 11.3 Å². The van der Waals surface area contributed by atoms with Crippen molar-refractivity contribution in [2.24, 2.45) is 0 Å². The predicted octanol–water partition coefficient (Wildman–Crippen LogP) is 6.35. The minimum Gasteiger partial charge on any atom is -0.469 e. The number of rotatable bonds is 8. The van der Waals surface area contributed by atoms with Gasteiger partial charge in [-0.15, -0.1) is 0 Å². The van der Waals surface area contributed by atoms with Gasteiger partial charge in [-0.05, 0) is 61.9 Å². The normalized spacial score (nSPS) is 10.7. The maximum Gasteiger partial charge on any atom is 0.419 e. The average Bonchev–Trinajstić information content (AvgIpc) is 3.28. The molecule has 0 fully saturated rings. The molecular formula is C27H24FN3O5S. The van der Waals surface area contributed by atoms with Crippen LogP contribution >= 0.6 is 11.8 Å². The Balaban J connectivity index is 1.61. The van der Waals surface area contributed by atoms with E-state index in [4.69, 9.17) is 9.26 Å². The molecule has 2 aromatic carbocycles. The predicted molar refractivity (Wildman–Crippen MR) is 136 cm³/mol. The van der Waals surface area contributed by atoms with E-state index in [1.807, 2.05) is 36.4 Å². The van der Waals surface area contributed by atoms with Crippen molar-refractivity contribution in [3.63, 3.8) is 0 Å². The summed E-state index contributed by atoms with van der Waals surface area (Å²) in [7, 11) is 1.35. The lowest BCUT2D eigenvalue weighted by Gasteiger charge is -2.22. The van der Waals surface area contributed by atoms with E-state index in [-0.39, 0.29) is 24.7 Å². The van der Waals surface area contributed by atoms with Crippen molar-refractivity contribution < 1.29 is 28.0 Å². The van der Waals surface area contributed by atoms with Gasteiger partial charge in [0.25, 0.3) is 0 Å². The Labute approximate surface area is 217 Å². The highest BCUT2D eigenvalue weighted by atomic mass is 32.2. The highest BCUT2D eigenvalue weighted by Gasteiger charge is 2.30. The maximum absolute atomic E-state index is 14.7. The van der Waals surface area contributed by atoms with Crippen LogP contribution in [-0.4, -0.2) is 35.9 Å². The zero-order chi connectivity index (χ0) is 26.4. The summed E-state index contributed by atoms with van der Waals surface area (Å²) in [6, 6.07) is 17.0. The molecule has 0 bridgehead atoms. The smallest absolute Gasteiger partial charge is 0.419 e. The molecule has 37 heavy (non-hydrogen) atoms. The van der Waals surface area contributed by atoms with E-state index in [2.05, 4.69) is 14.9 Å². The van der Waals surface area contributed by atoms with Crippen LogP contribution in [0.3, 0.4) is 0 Å². The summed E-state index contributed by atoms with van der Waals surface area (Å²) in [5.74, 6) is -0.606. The molecule has 0 saturated carbocycles. The van der Waals surface area contributed by atoms with Crippen molar-refractivity contribution in [1.29, 1.82) is 0 Å². The van der Waals surface area contributed by atoms with Crippen LogP contribution < -0.4 is 4.90 Å². The topological polar surface area (TPSA) is 94.8 Å². The Hall–Kier alpha value is -4.18. The number of hydrogen-bond donors (Lipinski definition) is 0. The number of nitrogens with zero attached hydrogens (tertiary/aromatic N) is 3. The fraction of sp³-hybridized carbons (Fsp3) is 0.185. The number of amides is 1. The highest BCUT2D eigenvalue weighted by molar-refractivity contribution is 7.99. The van der Waals surface area contributed by atoms with Crippen molar-refractivity contribution in [3.05, 3.63) is 83.9 Å². The molecule has 190 valence electrons. The van der Waals surface area contributed by atoms with E-state index in [1.165, 1.54) is 31.0 Å². The maximum atomic E-state index is 14.7. The first-order chi connectivity index (χ1) is 17.9. The number of ether oxygens (including phenoxy) is 2. The summed E-state index contributed by atoms with van der Waals surface area (Å²) in [4.78, 5) is 30.8. The lowest BCUT2D eigenvalue weighted by atomic mass is 10.1. The standard InChI is InChI=1S/C27H24FN3O5S/c1-4-35-27(33)31(22-8-6-5-7-21(22)28)25-17(2)30-36-26(25)19-10-12-20(13-11-19)37-23-14-9-18(16-29-23)15-24(32)34-3/h5-14,16H,4,15H2,1-3H3. The molecule has 2 aromatic heterocycles. The number of anilines is 2. The zero-order valence-corrected chi connectivity index (χ0v) is 21.3. The molecule has 0 unspecified atom stereocenters. The van der Waals surface area contributed by atoms with Crippen molar-refractivity contribution in [1.82, 2.24) is 10.1 Å². The van der Waals surface area contributed by atoms with Crippen LogP contribution in [0.1, 0.15) is 18.2 Å². The number of hydrogen-bond acceptors (Lipinski definition) is 8. The summed E-state index contributed by atoms with van der Waals surface area (Å²) in [6.45, 7) is 3.47. The van der Waals surface area contributed by atoms with Crippen LogP contribution in [0.4, 0.5) is 20.6 Å². The van der Waals surface area contributed by atoms with Crippen LogP contribution in [-0.2, 0) is 20.7 Å². The quantitative estimate of drug-likeness (QED) is 0.248. The van der Waals surface area contributed by atoms with E-state index in [0.717, 1.165) is 20.4 Å². The van der Waals surface area contributed by atoms with Crippen molar-refractivity contribution in [2.45, 2.75) is 30.2 Å². The Morgan fingerprint density at radius 3 is 2.49 bits per heavy atom. The van der Waals surface area contributed by atoms with Gasteiger partial charge < -0.3 is 14.0 Å². The Morgan fingerprint density at radius 1 is 1.08 bits per heavy atom. The number of aryl methyl sites for hydroxylation is 1. The van der Waals surface area contributed by atoms with Gasteiger partial charge in [0.1, 0.15) is 22.2 Å². The second-order valence-corrected chi connectivity index (χ2v) is 8.91. The van der Waals surface area contributed by atoms with Crippen LogP contribution in [0.2, 0.25) is 0 Å². The molecule has 0 N–H and O–H groups in total. The number of para-hydroxylation sites is 1. The van der Waals surface area contributed by atoms with Crippen LogP contribution in [0.15, 0.2) is 81.3 Å². The molecule has 0 aliphatic rings. The van der Waals surface area contributed by atoms with Gasteiger partial charge in [0.2, 0.25) is 0 Å². The average molecular weight is 522 g/mol. The molecule has 4 aromatic rings. The number of esters is 1. The lowest BCUT2D eigenvalue weighted by Crippen LogP contribution is -2.28. The Morgan fingerprint density at radius 2 is 1.84 bits per heavy atom. The first-order valence-electron chi connectivity index (χ1n) is 11.4. The van der Waals surface area contributed by atoms with Gasteiger partial charge in [-0.3, -0.25) is 4.79 Å². The number of aromatic nitrogens is 2. The molecule has 0 aliphatic carbocycles. The van der Waals surface area contributed by atoms with E-state index < -0.39 is 11.9 Å². The molecule has 0 saturated heterocycles. The first-order valence-corrected chi connectivity index (χ1v) is 12.2. The molecule has 0 spiro atoms. The van der Waals surface area contributed by atoms with Gasteiger partial charge in [0.05, 0.1) is 25.8 Å². The summed E-state index contributed by atoms with van der Waals surface area (Å²) >= 11 is 1.44. The minimum atomic E-state index is -0.742. The molecule has 10 heteroatoms. The SMILES string of the molecule is CCOC(=O)N(c1ccccc1F)c1c(C)noc1-c1ccc(Sc2ccc(CC(=O)OC)cn2)cc1. The number of methoxy groups -OCH3 is 1. The van der Waals surface area contributed by atoms with Gasteiger partial charge in [0, 0.05) is 16.7 Å². The van der Waals surface area contributed by atoms with E-state index >= 15 is 0 Å². The number of carbonyl (C=O) groups is 2. The third-order valence-corrected chi connectivity index (χ3v) is 6.27. The zero-order valence-electron chi connectivity index (χ0n) is 20.4. The van der Waals surface area contributed by atoms with Crippen molar-refractivity contribution in [2.75, 3.05) is 18.6 Å². The van der Waals surface area contributed by atoms with E-state index in [1.54, 1.807) is 32.2 Å². The molecule has 0 radical (unpaired) electrons. The van der Waals surface area contributed by atoms with Crippen LogP contribution in [0.25, 0.3) is 11.3 Å². The summed E-state index contributed by atoms with van der Waals surface area (Å²) < 4.78 is 30.2. The molecule has 1 amide bonds. The molecule has 0 aliphatic heterocycles. The molecular weight excluding hydrogens is 497 g/mol. The molecule has 4 rings (SSSR count). The molecule has 2 heterocycles. The fourth-order valence-electron chi connectivity index (χ4n) is 3.56. The van der Waals surface area contributed by atoms with Crippen LogP contribution in [0, 0.1) is 12.7 Å². The number of benzene rings is 2. The summed E-state index contributed by atoms with van der Waals surface area (Å²) in [5, 5.41) is 4.80. The molecule has 8 nitrogen and oxygen atoms in total. The Kier molecular flexibility index (Phi) is 8.19. The number of carbonyl (C=O) groups excluding carboxylic acids is 2. The first kappa shape index (κ1) is 25.9. The number of halogens is 1. The lowest BCUT2D eigenvalue weighted by molar-refractivity contribution is -0.139. The second kappa shape index (κ2) is 11.7. The van der Waals surface area contributed by atoms with Gasteiger partial charge in [-0.1, -0.05) is 35.1 Å². The van der Waals surface area contributed by atoms with E-state index in [9.17, 15) is 14.0 Å². The van der Waals surface area contributed by atoms with E-state index in [0.29, 0.717) is 22.7 Å². The van der Waals surface area contributed by atoms with Gasteiger partial charge >= 0.3 is 12.1 Å². The summed E-state index contributed by atoms with van der Waals surface area (Å²) in [6.07, 6.45) is 1.07. The summed E-state index contributed by atoms with van der Waals surface area (Å²) in [5.41, 5.74) is 2.14. The third kappa shape index (κ3) is 5.97. The monoisotopic (exact) mass is 521 g/mol. The second-order valence-electron chi connectivity index (χ2n) is 7.82. The highest BCUT2D eigenvalue weighted by Crippen LogP contribution is 2.40. The van der Waals surface area contributed by atoms with Crippen molar-refractivity contribution >= 4 is 35.2 Å². The van der Waals surface area contributed by atoms with Gasteiger partial charge in [-0.2, -0.15) is 0 Å². The Bertz CT molecular complexity index is 1390. The van der Waals surface area contributed by atoms with Gasteiger partial charge in [0.15, 0.2) is 5.76 Å². The number of pyridine rings is 1. The fourth-order valence-corrected chi connectivity index (χ4v) is 4.31.